The summed E-state index contributed by atoms with van der Waals surface area (Å²) >= 11 is 6.21. The molecule has 1 aromatic heterocycles. The van der Waals surface area contributed by atoms with Crippen molar-refractivity contribution in [2.75, 3.05) is 5.88 Å². The van der Waals surface area contributed by atoms with Crippen LogP contribution in [0.2, 0.25) is 0 Å². The molecular formula is C15H23ClN2. The van der Waals surface area contributed by atoms with Crippen molar-refractivity contribution < 1.29 is 0 Å². The van der Waals surface area contributed by atoms with E-state index >= 15 is 0 Å². The molecule has 3 heteroatoms. The molecule has 2 saturated carbocycles. The zero-order valence-electron chi connectivity index (χ0n) is 11.1. The van der Waals surface area contributed by atoms with E-state index in [2.05, 4.69) is 16.9 Å². The zero-order chi connectivity index (χ0) is 12.4. The molecule has 0 spiro atoms. The van der Waals surface area contributed by atoms with Crippen LogP contribution in [-0.2, 0) is 6.42 Å². The Balaban J connectivity index is 1.69. The van der Waals surface area contributed by atoms with Crippen LogP contribution in [0.1, 0.15) is 63.1 Å². The van der Waals surface area contributed by atoms with E-state index in [1.807, 2.05) is 0 Å². The van der Waals surface area contributed by atoms with Crippen LogP contribution in [0.4, 0.5) is 0 Å². The van der Waals surface area contributed by atoms with E-state index in [4.69, 9.17) is 16.7 Å². The highest BCUT2D eigenvalue weighted by Gasteiger charge is 2.34. The van der Waals surface area contributed by atoms with Gasteiger partial charge in [-0.05, 0) is 43.6 Å². The first-order valence-electron chi connectivity index (χ1n) is 7.41. The topological polar surface area (TPSA) is 17.8 Å². The maximum Gasteiger partial charge on any atom is 0.0630 e. The van der Waals surface area contributed by atoms with Gasteiger partial charge in [-0.1, -0.05) is 25.7 Å². The van der Waals surface area contributed by atoms with E-state index in [1.165, 1.54) is 57.1 Å². The fourth-order valence-electron chi connectivity index (χ4n) is 3.71. The summed E-state index contributed by atoms with van der Waals surface area (Å²) in [5, 5.41) is 4.81. The Morgan fingerprint density at radius 3 is 2.61 bits per heavy atom. The first-order valence-corrected chi connectivity index (χ1v) is 7.95. The molecule has 0 N–H and O–H groups in total. The van der Waals surface area contributed by atoms with Crippen LogP contribution in [0.15, 0.2) is 12.3 Å². The highest BCUT2D eigenvalue weighted by Crippen LogP contribution is 2.41. The Hall–Kier alpha value is -0.500. The maximum atomic E-state index is 6.21. The van der Waals surface area contributed by atoms with Gasteiger partial charge in [0.25, 0.3) is 0 Å². The second kappa shape index (κ2) is 5.24. The lowest BCUT2D eigenvalue weighted by atomic mass is 9.84. The number of alkyl halides is 1. The molecule has 100 valence electrons. The molecule has 1 aromatic rings. The van der Waals surface area contributed by atoms with Gasteiger partial charge in [0, 0.05) is 12.1 Å². The molecule has 3 rings (SSSR count). The van der Waals surface area contributed by atoms with Crippen molar-refractivity contribution in [2.24, 2.45) is 5.41 Å². The highest BCUT2D eigenvalue weighted by atomic mass is 35.5. The predicted molar refractivity (Wildman–Crippen MR) is 75.1 cm³/mol. The summed E-state index contributed by atoms with van der Waals surface area (Å²) < 4.78 is 2.21. The number of nitrogens with zero attached hydrogens (tertiary/aromatic N) is 2. The molecule has 0 atom stereocenters. The standard InChI is InChI=1S/C15H23ClN2/c16-12-15(8-3-4-9-15)11-13-7-10-18(17-13)14-5-1-2-6-14/h7,10,14H,1-6,8-9,11-12H2. The normalized spacial score (nSPS) is 23.8. The van der Waals surface area contributed by atoms with Gasteiger partial charge in [-0.3, -0.25) is 4.68 Å². The number of hydrogen-bond donors (Lipinski definition) is 0. The SMILES string of the molecule is ClCC1(Cc2ccn(C3CCCC3)n2)CCCC1. The summed E-state index contributed by atoms with van der Waals surface area (Å²) in [6.45, 7) is 0. The lowest BCUT2D eigenvalue weighted by Gasteiger charge is -2.25. The van der Waals surface area contributed by atoms with Crippen molar-refractivity contribution in [1.29, 1.82) is 0 Å². The molecule has 2 fully saturated rings. The Morgan fingerprint density at radius 2 is 1.94 bits per heavy atom. The second-order valence-corrected chi connectivity index (χ2v) is 6.51. The minimum absolute atomic E-state index is 0.344. The summed E-state index contributed by atoms with van der Waals surface area (Å²) in [6, 6.07) is 2.87. The molecule has 2 nitrogen and oxygen atoms in total. The number of aromatic nitrogens is 2. The van der Waals surface area contributed by atoms with Crippen LogP contribution in [0.5, 0.6) is 0 Å². The molecule has 0 aromatic carbocycles. The van der Waals surface area contributed by atoms with Crippen molar-refractivity contribution >= 4 is 11.6 Å². The largest absolute Gasteiger partial charge is 0.269 e. The van der Waals surface area contributed by atoms with Crippen LogP contribution in [0.3, 0.4) is 0 Å². The average Bonchev–Trinajstić information content (AvgIpc) is 3.10. The summed E-state index contributed by atoms with van der Waals surface area (Å²) in [7, 11) is 0. The van der Waals surface area contributed by atoms with Crippen LogP contribution in [0, 0.1) is 5.41 Å². The predicted octanol–water partition coefficient (Wildman–Crippen LogP) is 4.34. The first kappa shape index (κ1) is 12.5. The molecule has 2 aliphatic rings. The van der Waals surface area contributed by atoms with Gasteiger partial charge in [0.1, 0.15) is 0 Å². The van der Waals surface area contributed by atoms with Gasteiger partial charge in [0.15, 0.2) is 0 Å². The molecule has 0 radical (unpaired) electrons. The monoisotopic (exact) mass is 266 g/mol. The molecule has 0 saturated heterocycles. The van der Waals surface area contributed by atoms with E-state index in [-0.39, 0.29) is 0 Å². The Morgan fingerprint density at radius 1 is 1.22 bits per heavy atom. The Bertz CT molecular complexity index is 387. The van der Waals surface area contributed by atoms with Gasteiger partial charge in [-0.25, -0.2) is 0 Å². The van der Waals surface area contributed by atoms with E-state index in [0.717, 1.165) is 12.3 Å². The maximum absolute atomic E-state index is 6.21. The summed E-state index contributed by atoms with van der Waals surface area (Å²) in [6.07, 6.45) is 13.9. The minimum Gasteiger partial charge on any atom is -0.269 e. The van der Waals surface area contributed by atoms with Crippen LogP contribution in [-0.4, -0.2) is 15.7 Å². The van der Waals surface area contributed by atoms with Crippen molar-refractivity contribution in [3.63, 3.8) is 0 Å². The van der Waals surface area contributed by atoms with Crippen molar-refractivity contribution in [1.82, 2.24) is 9.78 Å². The van der Waals surface area contributed by atoms with E-state index < -0.39 is 0 Å². The summed E-state index contributed by atoms with van der Waals surface area (Å²) in [5.74, 6) is 0.795. The number of halogens is 1. The molecule has 0 unspecified atom stereocenters. The summed E-state index contributed by atoms with van der Waals surface area (Å²) in [4.78, 5) is 0. The number of rotatable bonds is 4. The molecule has 0 bridgehead atoms. The molecule has 18 heavy (non-hydrogen) atoms. The van der Waals surface area contributed by atoms with E-state index in [0.29, 0.717) is 11.5 Å². The van der Waals surface area contributed by atoms with E-state index in [9.17, 15) is 0 Å². The molecule has 0 aliphatic heterocycles. The fraction of sp³-hybridized carbons (Fsp3) is 0.800. The highest BCUT2D eigenvalue weighted by molar-refractivity contribution is 6.18. The molecule has 0 amide bonds. The van der Waals surface area contributed by atoms with Crippen molar-refractivity contribution in [2.45, 2.75) is 63.8 Å². The Labute approximate surface area is 115 Å². The zero-order valence-corrected chi connectivity index (χ0v) is 11.8. The van der Waals surface area contributed by atoms with Gasteiger partial charge in [-0.2, -0.15) is 5.10 Å². The van der Waals surface area contributed by atoms with Crippen molar-refractivity contribution in [3.05, 3.63) is 18.0 Å². The third kappa shape index (κ3) is 2.45. The lowest BCUT2D eigenvalue weighted by Crippen LogP contribution is -2.22. The quantitative estimate of drug-likeness (QED) is 0.742. The lowest BCUT2D eigenvalue weighted by molar-refractivity contribution is 0.334. The Kier molecular flexibility index (Phi) is 3.65. The number of hydrogen-bond acceptors (Lipinski definition) is 1. The molecular weight excluding hydrogens is 244 g/mol. The first-order chi connectivity index (χ1) is 8.81. The smallest absolute Gasteiger partial charge is 0.0630 e. The van der Waals surface area contributed by atoms with Crippen LogP contribution >= 0.6 is 11.6 Å². The molecule has 2 aliphatic carbocycles. The third-order valence-electron chi connectivity index (χ3n) is 4.87. The van der Waals surface area contributed by atoms with Crippen molar-refractivity contribution in [3.8, 4) is 0 Å². The van der Waals surface area contributed by atoms with Gasteiger partial charge < -0.3 is 0 Å². The van der Waals surface area contributed by atoms with Crippen LogP contribution in [0.25, 0.3) is 0 Å². The third-order valence-corrected chi connectivity index (χ3v) is 5.43. The van der Waals surface area contributed by atoms with E-state index in [1.54, 1.807) is 0 Å². The summed E-state index contributed by atoms with van der Waals surface area (Å²) in [5.41, 5.74) is 1.60. The van der Waals surface area contributed by atoms with Gasteiger partial charge >= 0.3 is 0 Å². The van der Waals surface area contributed by atoms with Gasteiger partial charge in [0.05, 0.1) is 11.7 Å². The fourth-order valence-corrected chi connectivity index (χ4v) is 4.07. The van der Waals surface area contributed by atoms with Crippen LogP contribution < -0.4 is 0 Å². The second-order valence-electron chi connectivity index (χ2n) is 6.24. The minimum atomic E-state index is 0.344. The van der Waals surface area contributed by atoms with Gasteiger partial charge in [0.2, 0.25) is 0 Å². The molecule has 1 heterocycles. The van der Waals surface area contributed by atoms with Gasteiger partial charge in [-0.15, -0.1) is 11.6 Å². The average molecular weight is 267 g/mol.